The molecule has 0 aliphatic carbocycles. The summed E-state index contributed by atoms with van der Waals surface area (Å²) < 4.78 is 5.33. The number of nitrogens with zero attached hydrogens (tertiary/aromatic N) is 4. The van der Waals surface area contributed by atoms with Crippen LogP contribution in [0.2, 0.25) is 0 Å². The number of rotatable bonds is 5. The van der Waals surface area contributed by atoms with E-state index >= 15 is 0 Å². The van der Waals surface area contributed by atoms with Crippen molar-refractivity contribution in [3.63, 3.8) is 0 Å². The van der Waals surface area contributed by atoms with Gasteiger partial charge in [-0.3, -0.25) is 34.3 Å². The second-order valence-electron chi connectivity index (χ2n) is 8.63. The van der Waals surface area contributed by atoms with Crippen LogP contribution in [0.5, 0.6) is 5.75 Å². The predicted molar refractivity (Wildman–Crippen MR) is 112 cm³/mol. The number of anilines is 1. The molecular formula is C20H27N5O6. The van der Waals surface area contributed by atoms with Crippen LogP contribution in [0.1, 0.15) is 20.8 Å². The van der Waals surface area contributed by atoms with Crippen LogP contribution in [0.4, 0.5) is 11.4 Å². The van der Waals surface area contributed by atoms with Gasteiger partial charge in [0.1, 0.15) is 12.3 Å². The summed E-state index contributed by atoms with van der Waals surface area (Å²) in [6.07, 6.45) is 0. The van der Waals surface area contributed by atoms with Gasteiger partial charge >= 0.3 is 0 Å². The van der Waals surface area contributed by atoms with Gasteiger partial charge in [0.2, 0.25) is 11.8 Å². The topological polar surface area (TPSA) is 125 Å². The van der Waals surface area contributed by atoms with Crippen LogP contribution >= 0.6 is 0 Å². The molecule has 168 valence electrons. The van der Waals surface area contributed by atoms with Crippen LogP contribution in [0.15, 0.2) is 18.2 Å². The van der Waals surface area contributed by atoms with Gasteiger partial charge < -0.3 is 15.0 Å². The first-order valence-electron chi connectivity index (χ1n) is 10.1. The molecule has 31 heavy (non-hydrogen) atoms. The zero-order valence-corrected chi connectivity index (χ0v) is 17.9. The second-order valence-corrected chi connectivity index (χ2v) is 8.63. The largest absolute Gasteiger partial charge is 0.482 e. The zero-order valence-electron chi connectivity index (χ0n) is 17.9. The third-order valence-electron chi connectivity index (χ3n) is 5.00. The molecule has 0 aromatic heterocycles. The van der Waals surface area contributed by atoms with E-state index in [1.165, 1.54) is 23.1 Å². The molecule has 1 aromatic rings. The van der Waals surface area contributed by atoms with E-state index in [9.17, 15) is 24.5 Å². The molecule has 1 N–H and O–H groups in total. The van der Waals surface area contributed by atoms with Crippen LogP contribution in [-0.4, -0.2) is 83.9 Å². The number of nitro groups is 1. The monoisotopic (exact) mass is 433 g/mol. The van der Waals surface area contributed by atoms with Crippen molar-refractivity contribution in [1.29, 1.82) is 0 Å². The summed E-state index contributed by atoms with van der Waals surface area (Å²) in [5.41, 5.74) is -0.266. The Morgan fingerprint density at radius 1 is 1.16 bits per heavy atom. The molecule has 2 aliphatic rings. The van der Waals surface area contributed by atoms with Crippen molar-refractivity contribution in [3.05, 3.63) is 28.3 Å². The molecule has 3 rings (SSSR count). The van der Waals surface area contributed by atoms with Crippen molar-refractivity contribution in [2.24, 2.45) is 0 Å². The number of nitro benzene ring substituents is 1. The summed E-state index contributed by atoms with van der Waals surface area (Å²) >= 11 is 0. The van der Waals surface area contributed by atoms with Gasteiger partial charge in [0, 0.05) is 43.9 Å². The van der Waals surface area contributed by atoms with Gasteiger partial charge in [-0.05, 0) is 26.8 Å². The summed E-state index contributed by atoms with van der Waals surface area (Å²) in [6, 6.07) is 3.97. The number of benzene rings is 1. The number of amides is 3. The minimum absolute atomic E-state index is 0.0654. The first-order chi connectivity index (χ1) is 14.5. The van der Waals surface area contributed by atoms with Crippen molar-refractivity contribution in [2.45, 2.75) is 26.3 Å². The molecule has 3 amide bonds. The van der Waals surface area contributed by atoms with Gasteiger partial charge in [-0.2, -0.15) is 0 Å². The number of non-ortho nitro benzene ring substituents is 1. The Hall–Kier alpha value is -3.21. The van der Waals surface area contributed by atoms with E-state index in [-0.39, 0.29) is 48.4 Å². The normalized spacial score (nSPS) is 17.1. The van der Waals surface area contributed by atoms with Crippen molar-refractivity contribution in [1.82, 2.24) is 15.1 Å². The Morgan fingerprint density at radius 3 is 2.45 bits per heavy atom. The molecule has 0 unspecified atom stereocenters. The number of piperazine rings is 1. The molecule has 2 heterocycles. The Kier molecular flexibility index (Phi) is 6.44. The van der Waals surface area contributed by atoms with Gasteiger partial charge in [-0.1, -0.05) is 0 Å². The quantitative estimate of drug-likeness (QED) is 0.526. The number of ether oxygens (including phenoxy) is 1. The average Bonchev–Trinajstić information content (AvgIpc) is 2.68. The highest BCUT2D eigenvalue weighted by molar-refractivity contribution is 6.02. The van der Waals surface area contributed by atoms with Crippen LogP contribution < -0.4 is 15.0 Å². The van der Waals surface area contributed by atoms with E-state index in [2.05, 4.69) is 5.32 Å². The number of carbonyl (C=O) groups is 3. The Morgan fingerprint density at radius 2 is 1.84 bits per heavy atom. The van der Waals surface area contributed by atoms with E-state index in [0.717, 1.165) is 0 Å². The van der Waals surface area contributed by atoms with Crippen LogP contribution in [-0.2, 0) is 14.4 Å². The fourth-order valence-corrected chi connectivity index (χ4v) is 3.53. The molecule has 11 nitrogen and oxygen atoms in total. The lowest BCUT2D eigenvalue weighted by Gasteiger charge is -2.36. The van der Waals surface area contributed by atoms with E-state index in [4.69, 9.17) is 4.74 Å². The van der Waals surface area contributed by atoms with Crippen molar-refractivity contribution in [3.8, 4) is 5.75 Å². The smallest absolute Gasteiger partial charge is 0.271 e. The molecule has 0 radical (unpaired) electrons. The second kappa shape index (κ2) is 8.88. The number of carbonyl (C=O) groups excluding carboxylic acids is 3. The molecule has 1 saturated heterocycles. The zero-order chi connectivity index (χ0) is 22.8. The number of fused-ring (bicyclic) bond motifs is 1. The van der Waals surface area contributed by atoms with Gasteiger partial charge in [-0.15, -0.1) is 0 Å². The molecule has 0 spiro atoms. The average molecular weight is 433 g/mol. The summed E-state index contributed by atoms with van der Waals surface area (Å²) in [5, 5.41) is 14.0. The summed E-state index contributed by atoms with van der Waals surface area (Å²) in [5.74, 6) is -0.428. The van der Waals surface area contributed by atoms with Crippen LogP contribution in [0, 0.1) is 10.1 Å². The van der Waals surface area contributed by atoms with E-state index < -0.39 is 10.8 Å². The minimum Gasteiger partial charge on any atom is -0.482 e. The lowest BCUT2D eigenvalue weighted by molar-refractivity contribution is -0.384. The summed E-state index contributed by atoms with van der Waals surface area (Å²) in [7, 11) is 0. The third kappa shape index (κ3) is 5.69. The maximum atomic E-state index is 12.8. The highest BCUT2D eigenvalue weighted by Crippen LogP contribution is 2.35. The Labute approximate surface area is 180 Å². The van der Waals surface area contributed by atoms with Gasteiger partial charge in [-0.25, -0.2) is 0 Å². The predicted octanol–water partition coefficient (Wildman–Crippen LogP) is 0.379. The fraction of sp³-hybridized carbons (Fsp3) is 0.550. The number of hydrogen-bond donors (Lipinski definition) is 1. The first-order valence-corrected chi connectivity index (χ1v) is 10.1. The number of hydrogen-bond acceptors (Lipinski definition) is 7. The standard InChI is InChI=1S/C20H27N5O6/c1-20(2,3)21-17(26)11-22-6-8-23(9-7-22)18(27)12-24-15-10-14(25(29)30)4-5-16(15)31-13-19(24)28/h4-5,10H,6-9,11-13H2,1-3H3,(H,21,26). The van der Waals surface area contributed by atoms with Crippen LogP contribution in [0.3, 0.4) is 0 Å². The molecule has 0 saturated carbocycles. The maximum Gasteiger partial charge on any atom is 0.271 e. The fourth-order valence-electron chi connectivity index (χ4n) is 3.53. The molecule has 0 atom stereocenters. The van der Waals surface area contributed by atoms with Gasteiger partial charge in [0.05, 0.1) is 17.2 Å². The Bertz CT molecular complexity index is 889. The molecule has 0 bridgehead atoms. The molecule has 1 fully saturated rings. The highest BCUT2D eigenvalue weighted by Gasteiger charge is 2.31. The van der Waals surface area contributed by atoms with E-state index in [1.54, 1.807) is 4.90 Å². The van der Waals surface area contributed by atoms with Crippen molar-refractivity contribution >= 4 is 29.1 Å². The molecule has 11 heteroatoms. The first kappa shape index (κ1) is 22.5. The Balaban J connectivity index is 1.59. The van der Waals surface area contributed by atoms with E-state index in [1.807, 2.05) is 25.7 Å². The number of nitrogens with one attached hydrogen (secondary N) is 1. The highest BCUT2D eigenvalue weighted by atomic mass is 16.6. The lowest BCUT2D eigenvalue weighted by atomic mass is 10.1. The summed E-state index contributed by atoms with van der Waals surface area (Å²) in [6.45, 7) is 7.52. The maximum absolute atomic E-state index is 12.8. The molecular weight excluding hydrogens is 406 g/mol. The van der Waals surface area contributed by atoms with Gasteiger partial charge in [0.15, 0.2) is 6.61 Å². The SMILES string of the molecule is CC(C)(C)NC(=O)CN1CCN(C(=O)CN2C(=O)COc3ccc([N+](=O)[O-])cc32)CC1. The molecule has 2 aliphatic heterocycles. The van der Waals surface area contributed by atoms with Crippen LogP contribution in [0.25, 0.3) is 0 Å². The van der Waals surface area contributed by atoms with Gasteiger partial charge in [0.25, 0.3) is 11.6 Å². The van der Waals surface area contributed by atoms with Crippen molar-refractivity contribution in [2.75, 3.05) is 50.8 Å². The lowest BCUT2D eigenvalue weighted by Crippen LogP contribution is -2.55. The third-order valence-corrected chi connectivity index (χ3v) is 5.00. The molecule has 1 aromatic carbocycles. The van der Waals surface area contributed by atoms with Crippen molar-refractivity contribution < 1.29 is 24.0 Å². The summed E-state index contributed by atoms with van der Waals surface area (Å²) in [4.78, 5) is 52.6. The van der Waals surface area contributed by atoms with E-state index in [0.29, 0.717) is 31.9 Å². The minimum atomic E-state index is -0.561.